The predicted molar refractivity (Wildman–Crippen MR) is 76.3 cm³/mol. The minimum absolute atomic E-state index is 0.216. The summed E-state index contributed by atoms with van der Waals surface area (Å²) in [6, 6.07) is 8.33. The molecular weight excluding hydrogens is 238 g/mol. The molecule has 3 nitrogen and oxygen atoms in total. The molecule has 3 heteroatoms. The van der Waals surface area contributed by atoms with Crippen LogP contribution in [0.2, 0.25) is 0 Å². The Hall–Kier alpha value is -1.51. The molecule has 1 amide bonds. The van der Waals surface area contributed by atoms with Crippen molar-refractivity contribution in [2.45, 2.75) is 32.6 Å². The van der Waals surface area contributed by atoms with E-state index >= 15 is 0 Å². The van der Waals surface area contributed by atoms with Crippen LogP contribution in [-0.2, 0) is 11.2 Å². The molecule has 1 aliphatic rings. The Morgan fingerprint density at radius 3 is 2.42 bits per heavy atom. The number of hydrogen-bond donors (Lipinski definition) is 0. The Labute approximate surface area is 115 Å². The van der Waals surface area contributed by atoms with Crippen molar-refractivity contribution in [2.24, 2.45) is 5.92 Å². The molecule has 0 aliphatic carbocycles. The van der Waals surface area contributed by atoms with Gasteiger partial charge in [-0.25, -0.2) is 0 Å². The summed E-state index contributed by atoms with van der Waals surface area (Å²) < 4.78 is 5.16. The second-order valence-corrected chi connectivity index (χ2v) is 5.34. The van der Waals surface area contributed by atoms with E-state index in [0.29, 0.717) is 0 Å². The number of methoxy groups -OCH3 is 1. The van der Waals surface area contributed by atoms with E-state index in [1.807, 2.05) is 17.0 Å². The van der Waals surface area contributed by atoms with Crippen LogP contribution in [0.4, 0.5) is 0 Å². The fraction of sp³-hybridized carbons (Fsp3) is 0.562. The van der Waals surface area contributed by atoms with Gasteiger partial charge in [0.25, 0.3) is 0 Å². The molecule has 1 heterocycles. The van der Waals surface area contributed by atoms with Gasteiger partial charge in [0.2, 0.25) is 5.91 Å². The molecule has 0 bridgehead atoms. The topological polar surface area (TPSA) is 29.5 Å². The molecule has 1 fully saturated rings. The molecule has 104 valence electrons. The average molecular weight is 261 g/mol. The van der Waals surface area contributed by atoms with E-state index in [2.05, 4.69) is 12.1 Å². The second-order valence-electron chi connectivity index (χ2n) is 5.34. The van der Waals surface area contributed by atoms with Gasteiger partial charge in [0.1, 0.15) is 5.75 Å². The molecule has 0 atom stereocenters. The van der Waals surface area contributed by atoms with Crippen LogP contribution in [0.5, 0.6) is 5.75 Å². The third kappa shape index (κ3) is 3.98. The first kappa shape index (κ1) is 13.9. The van der Waals surface area contributed by atoms with Gasteiger partial charge in [-0.3, -0.25) is 4.79 Å². The zero-order chi connectivity index (χ0) is 13.7. The molecular formula is C16H23NO2. The molecule has 0 spiro atoms. The van der Waals surface area contributed by atoms with Crippen LogP contribution >= 0.6 is 0 Å². The summed E-state index contributed by atoms with van der Waals surface area (Å²) in [4.78, 5) is 13.2. The minimum Gasteiger partial charge on any atom is -0.497 e. The molecule has 1 aliphatic heterocycles. The van der Waals surface area contributed by atoms with Crippen LogP contribution < -0.4 is 4.74 Å². The predicted octanol–water partition coefficient (Wildman–Crippen LogP) is 2.89. The van der Waals surface area contributed by atoms with Crippen LogP contribution in [0.15, 0.2) is 24.3 Å². The van der Waals surface area contributed by atoms with E-state index in [1.165, 1.54) is 12.0 Å². The molecule has 19 heavy (non-hydrogen) atoms. The highest BCUT2D eigenvalue weighted by molar-refractivity contribution is 5.73. The first-order chi connectivity index (χ1) is 9.19. The van der Waals surface area contributed by atoms with Gasteiger partial charge in [-0.05, 0) is 49.3 Å². The number of ether oxygens (including phenoxy) is 1. The van der Waals surface area contributed by atoms with Gasteiger partial charge in [-0.2, -0.15) is 0 Å². The smallest absolute Gasteiger partial charge is 0.219 e. The Bertz CT molecular complexity index is 405. The van der Waals surface area contributed by atoms with E-state index < -0.39 is 0 Å². The highest BCUT2D eigenvalue weighted by atomic mass is 16.5. The van der Waals surface area contributed by atoms with Crippen molar-refractivity contribution in [1.29, 1.82) is 0 Å². The summed E-state index contributed by atoms with van der Waals surface area (Å²) in [6.45, 7) is 3.53. The summed E-state index contributed by atoms with van der Waals surface area (Å²) in [6.07, 6.45) is 4.64. The van der Waals surface area contributed by atoms with E-state index in [4.69, 9.17) is 4.74 Å². The largest absolute Gasteiger partial charge is 0.497 e. The Balaban J connectivity index is 1.75. The number of likely N-dealkylation sites (tertiary alicyclic amines) is 1. The zero-order valence-corrected chi connectivity index (χ0v) is 11.9. The molecule has 0 unspecified atom stereocenters. The Kier molecular flexibility index (Phi) is 4.83. The lowest BCUT2D eigenvalue weighted by Crippen LogP contribution is -2.37. The van der Waals surface area contributed by atoms with Gasteiger partial charge in [0, 0.05) is 20.0 Å². The molecule has 1 aromatic carbocycles. The third-order valence-corrected chi connectivity index (χ3v) is 4.06. The summed E-state index contributed by atoms with van der Waals surface area (Å²) in [5.41, 5.74) is 1.37. The summed E-state index contributed by atoms with van der Waals surface area (Å²) in [5.74, 6) is 1.89. The van der Waals surface area contributed by atoms with Crippen molar-refractivity contribution in [2.75, 3.05) is 20.2 Å². The van der Waals surface area contributed by atoms with Gasteiger partial charge in [-0.1, -0.05) is 12.1 Å². The van der Waals surface area contributed by atoms with Gasteiger partial charge in [0.05, 0.1) is 7.11 Å². The maximum absolute atomic E-state index is 11.3. The molecule has 1 aromatic rings. The normalized spacial score (nSPS) is 16.4. The molecule has 1 saturated heterocycles. The van der Waals surface area contributed by atoms with Crippen molar-refractivity contribution in [3.8, 4) is 5.75 Å². The molecule has 2 rings (SSSR count). The molecule has 0 aromatic heterocycles. The average Bonchev–Trinajstić information content (AvgIpc) is 2.46. The lowest BCUT2D eigenvalue weighted by atomic mass is 9.90. The van der Waals surface area contributed by atoms with Gasteiger partial charge < -0.3 is 9.64 Å². The Morgan fingerprint density at radius 2 is 1.89 bits per heavy atom. The first-order valence-corrected chi connectivity index (χ1v) is 7.07. The van der Waals surface area contributed by atoms with Gasteiger partial charge in [0.15, 0.2) is 0 Å². The van der Waals surface area contributed by atoms with Crippen molar-refractivity contribution in [1.82, 2.24) is 4.90 Å². The molecule has 0 radical (unpaired) electrons. The number of rotatable bonds is 4. The lowest BCUT2D eigenvalue weighted by Gasteiger charge is -2.31. The van der Waals surface area contributed by atoms with Crippen molar-refractivity contribution >= 4 is 5.91 Å². The number of hydrogen-bond acceptors (Lipinski definition) is 2. The van der Waals surface area contributed by atoms with E-state index in [1.54, 1.807) is 14.0 Å². The van der Waals surface area contributed by atoms with Gasteiger partial charge >= 0.3 is 0 Å². The van der Waals surface area contributed by atoms with E-state index in [-0.39, 0.29) is 5.91 Å². The Morgan fingerprint density at radius 1 is 1.26 bits per heavy atom. The first-order valence-electron chi connectivity index (χ1n) is 7.07. The van der Waals surface area contributed by atoms with Crippen molar-refractivity contribution < 1.29 is 9.53 Å². The molecule has 0 saturated carbocycles. The summed E-state index contributed by atoms with van der Waals surface area (Å²) in [5, 5.41) is 0. The SMILES string of the molecule is COc1ccc(CCC2CCN(C(C)=O)CC2)cc1. The quantitative estimate of drug-likeness (QED) is 0.834. The maximum Gasteiger partial charge on any atom is 0.219 e. The maximum atomic E-state index is 11.3. The van der Waals surface area contributed by atoms with Crippen LogP contribution in [-0.4, -0.2) is 31.0 Å². The number of amides is 1. The number of piperidine rings is 1. The summed E-state index contributed by atoms with van der Waals surface area (Å²) >= 11 is 0. The monoisotopic (exact) mass is 261 g/mol. The number of benzene rings is 1. The van der Waals surface area contributed by atoms with Crippen LogP contribution in [0.25, 0.3) is 0 Å². The third-order valence-electron chi connectivity index (χ3n) is 4.06. The number of carbonyl (C=O) groups excluding carboxylic acids is 1. The van der Waals surface area contributed by atoms with E-state index in [9.17, 15) is 4.79 Å². The highest BCUT2D eigenvalue weighted by Gasteiger charge is 2.20. The van der Waals surface area contributed by atoms with Crippen LogP contribution in [0.3, 0.4) is 0 Å². The minimum atomic E-state index is 0.216. The lowest BCUT2D eigenvalue weighted by molar-refractivity contribution is -0.130. The van der Waals surface area contributed by atoms with Crippen molar-refractivity contribution in [3.05, 3.63) is 29.8 Å². The van der Waals surface area contributed by atoms with Crippen LogP contribution in [0, 0.1) is 5.92 Å². The number of carbonyl (C=O) groups is 1. The van der Waals surface area contributed by atoms with Crippen molar-refractivity contribution in [3.63, 3.8) is 0 Å². The van der Waals surface area contributed by atoms with Crippen LogP contribution in [0.1, 0.15) is 31.7 Å². The summed E-state index contributed by atoms with van der Waals surface area (Å²) in [7, 11) is 1.69. The fourth-order valence-corrected chi connectivity index (χ4v) is 2.70. The number of aryl methyl sites for hydroxylation is 1. The highest BCUT2D eigenvalue weighted by Crippen LogP contribution is 2.23. The fourth-order valence-electron chi connectivity index (χ4n) is 2.70. The second kappa shape index (κ2) is 6.60. The zero-order valence-electron chi connectivity index (χ0n) is 11.9. The number of nitrogens with zero attached hydrogens (tertiary/aromatic N) is 1. The standard InChI is InChI=1S/C16H23NO2/c1-13(18)17-11-9-15(10-12-17)4-3-14-5-7-16(19-2)8-6-14/h5-8,15H,3-4,9-12H2,1-2H3. The van der Waals surface area contributed by atoms with Gasteiger partial charge in [-0.15, -0.1) is 0 Å². The molecule has 0 N–H and O–H groups in total. The van der Waals surface area contributed by atoms with E-state index in [0.717, 1.165) is 44.0 Å².